The van der Waals surface area contributed by atoms with E-state index in [1.165, 1.54) is 40.5 Å². The number of carbonyl (C=O) groups excluding carboxylic acids is 3. The zero-order valence-electron chi connectivity index (χ0n) is 17.1. The number of anilines is 1. The molecule has 31 heavy (non-hydrogen) atoms. The molecule has 2 N–H and O–H groups in total. The van der Waals surface area contributed by atoms with Crippen molar-refractivity contribution in [3.05, 3.63) is 87.9 Å². The van der Waals surface area contributed by atoms with E-state index in [1.807, 2.05) is 12.3 Å². The Labute approximate surface area is 183 Å². The number of thiophene rings is 1. The molecule has 1 unspecified atom stereocenters. The van der Waals surface area contributed by atoms with E-state index in [0.29, 0.717) is 16.1 Å². The van der Waals surface area contributed by atoms with Crippen LogP contribution < -0.4 is 10.6 Å². The molecule has 6 nitrogen and oxygen atoms in total. The lowest BCUT2D eigenvalue weighted by Gasteiger charge is -2.19. The molecule has 3 amide bonds. The maximum atomic E-state index is 13.0. The molecular weight excluding hydrogens is 417 g/mol. The molecule has 1 aromatic heterocycles. The van der Waals surface area contributed by atoms with Crippen LogP contribution in [0.1, 0.15) is 38.6 Å². The molecular formula is C23H22FN3O3S. The fraction of sp³-hybridized carbons (Fsp3) is 0.174. The summed E-state index contributed by atoms with van der Waals surface area (Å²) >= 11 is 1.33. The third-order valence-electron chi connectivity index (χ3n) is 4.61. The van der Waals surface area contributed by atoms with Crippen molar-refractivity contribution in [1.29, 1.82) is 0 Å². The third kappa shape index (κ3) is 5.99. The van der Waals surface area contributed by atoms with E-state index in [4.69, 9.17) is 0 Å². The quantitative estimate of drug-likeness (QED) is 0.582. The van der Waals surface area contributed by atoms with Gasteiger partial charge in [-0.05, 0) is 60.3 Å². The van der Waals surface area contributed by atoms with Gasteiger partial charge in [0.15, 0.2) is 0 Å². The van der Waals surface area contributed by atoms with Crippen molar-refractivity contribution in [2.24, 2.45) is 0 Å². The topological polar surface area (TPSA) is 78.5 Å². The highest BCUT2D eigenvalue weighted by molar-refractivity contribution is 7.12. The van der Waals surface area contributed by atoms with E-state index in [-0.39, 0.29) is 30.3 Å². The Bertz CT molecular complexity index is 1050. The molecule has 0 aliphatic carbocycles. The van der Waals surface area contributed by atoms with Gasteiger partial charge in [-0.15, -0.1) is 11.3 Å². The molecule has 1 atom stereocenters. The number of benzene rings is 2. The van der Waals surface area contributed by atoms with E-state index < -0.39 is 5.82 Å². The third-order valence-corrected chi connectivity index (χ3v) is 5.47. The summed E-state index contributed by atoms with van der Waals surface area (Å²) in [6.07, 6.45) is 0. The van der Waals surface area contributed by atoms with Crippen molar-refractivity contribution in [2.75, 3.05) is 18.9 Å². The minimum Gasteiger partial charge on any atom is -0.348 e. The van der Waals surface area contributed by atoms with E-state index in [2.05, 4.69) is 10.6 Å². The average molecular weight is 440 g/mol. The molecule has 0 saturated carbocycles. The summed E-state index contributed by atoms with van der Waals surface area (Å²) in [6.45, 7) is 1.79. The van der Waals surface area contributed by atoms with Crippen LogP contribution in [-0.2, 0) is 4.79 Å². The lowest BCUT2D eigenvalue weighted by Crippen LogP contribution is -2.39. The van der Waals surface area contributed by atoms with E-state index >= 15 is 0 Å². The van der Waals surface area contributed by atoms with E-state index in [1.54, 1.807) is 43.4 Å². The first-order valence-corrected chi connectivity index (χ1v) is 10.5. The van der Waals surface area contributed by atoms with Gasteiger partial charge in [0.2, 0.25) is 5.91 Å². The zero-order chi connectivity index (χ0) is 22.4. The van der Waals surface area contributed by atoms with Gasteiger partial charge in [-0.25, -0.2) is 4.39 Å². The van der Waals surface area contributed by atoms with Crippen molar-refractivity contribution < 1.29 is 18.8 Å². The maximum Gasteiger partial charge on any atom is 0.264 e. The Kier molecular flexibility index (Phi) is 7.15. The second kappa shape index (κ2) is 9.99. The monoisotopic (exact) mass is 439 g/mol. The van der Waals surface area contributed by atoms with Gasteiger partial charge in [-0.3, -0.25) is 14.4 Å². The van der Waals surface area contributed by atoms with Crippen molar-refractivity contribution in [1.82, 2.24) is 10.2 Å². The second-order valence-corrected chi connectivity index (χ2v) is 7.96. The first kappa shape index (κ1) is 22.2. The van der Waals surface area contributed by atoms with Gasteiger partial charge in [0.25, 0.3) is 11.8 Å². The Balaban J connectivity index is 1.53. The van der Waals surface area contributed by atoms with Crippen molar-refractivity contribution >= 4 is 34.7 Å². The standard InChI is InChI=1S/C23H22FN3O3S/c1-15(25-21(28)14-27(2)23(30)20-4-3-13-31-20)16-7-11-19(12-8-16)26-22(29)17-5-9-18(24)10-6-17/h3-13,15H,14H2,1-2H3,(H,25,28)(H,26,29). The minimum absolute atomic E-state index is 0.0487. The van der Waals surface area contributed by atoms with Crippen LogP contribution in [0.3, 0.4) is 0 Å². The average Bonchev–Trinajstić information content (AvgIpc) is 3.28. The number of halogens is 1. The maximum absolute atomic E-state index is 13.0. The van der Waals surface area contributed by atoms with Gasteiger partial charge in [0.05, 0.1) is 17.5 Å². The molecule has 3 aromatic rings. The van der Waals surface area contributed by atoms with Crippen LogP contribution in [0.4, 0.5) is 10.1 Å². The number of likely N-dealkylation sites (N-methyl/N-ethyl adjacent to an activating group) is 1. The van der Waals surface area contributed by atoms with Crippen LogP contribution in [0.5, 0.6) is 0 Å². The van der Waals surface area contributed by atoms with Crippen LogP contribution in [0.15, 0.2) is 66.0 Å². The number of nitrogens with one attached hydrogen (secondary N) is 2. The zero-order valence-corrected chi connectivity index (χ0v) is 17.9. The second-order valence-electron chi connectivity index (χ2n) is 7.01. The number of carbonyl (C=O) groups is 3. The predicted molar refractivity (Wildman–Crippen MR) is 119 cm³/mol. The number of hydrogen-bond acceptors (Lipinski definition) is 4. The van der Waals surface area contributed by atoms with Gasteiger partial charge >= 0.3 is 0 Å². The summed E-state index contributed by atoms with van der Waals surface area (Å²) in [5.41, 5.74) is 1.78. The van der Waals surface area contributed by atoms with Crippen molar-refractivity contribution in [2.45, 2.75) is 13.0 Å². The molecule has 160 valence electrons. The van der Waals surface area contributed by atoms with E-state index in [9.17, 15) is 18.8 Å². The van der Waals surface area contributed by atoms with E-state index in [0.717, 1.165) is 5.56 Å². The van der Waals surface area contributed by atoms with Gasteiger partial charge in [-0.2, -0.15) is 0 Å². The molecule has 0 aliphatic heterocycles. The van der Waals surface area contributed by atoms with Crippen LogP contribution in [0, 0.1) is 5.82 Å². The molecule has 0 bridgehead atoms. The summed E-state index contributed by atoms with van der Waals surface area (Å²) in [4.78, 5) is 38.7. The minimum atomic E-state index is -0.404. The van der Waals surface area contributed by atoms with Crippen LogP contribution in [0.2, 0.25) is 0 Å². The summed E-state index contributed by atoms with van der Waals surface area (Å²) in [6, 6.07) is 15.6. The Morgan fingerprint density at radius 1 is 1.03 bits per heavy atom. The summed E-state index contributed by atoms with van der Waals surface area (Å²) < 4.78 is 13.0. The SMILES string of the molecule is CC(NC(=O)CN(C)C(=O)c1cccs1)c1ccc(NC(=O)c2ccc(F)cc2)cc1. The predicted octanol–water partition coefficient (Wildman–Crippen LogP) is 4.09. The normalized spacial score (nSPS) is 11.5. The highest BCUT2D eigenvalue weighted by Gasteiger charge is 2.17. The van der Waals surface area contributed by atoms with Crippen LogP contribution in [-0.4, -0.2) is 36.2 Å². The number of nitrogens with zero attached hydrogens (tertiary/aromatic N) is 1. The first-order chi connectivity index (χ1) is 14.8. The highest BCUT2D eigenvalue weighted by atomic mass is 32.1. The van der Waals surface area contributed by atoms with Gasteiger partial charge in [-0.1, -0.05) is 18.2 Å². The molecule has 0 radical (unpaired) electrons. The Hall–Kier alpha value is -3.52. The molecule has 0 spiro atoms. The van der Waals surface area contributed by atoms with Gasteiger partial charge in [0.1, 0.15) is 5.82 Å². The highest BCUT2D eigenvalue weighted by Crippen LogP contribution is 2.17. The van der Waals surface area contributed by atoms with Crippen LogP contribution in [0.25, 0.3) is 0 Å². The van der Waals surface area contributed by atoms with Crippen LogP contribution >= 0.6 is 11.3 Å². The Morgan fingerprint density at radius 3 is 2.32 bits per heavy atom. The first-order valence-electron chi connectivity index (χ1n) is 9.58. The lowest BCUT2D eigenvalue weighted by atomic mass is 10.1. The summed E-state index contributed by atoms with van der Waals surface area (Å²) in [7, 11) is 1.59. The number of amides is 3. The van der Waals surface area contributed by atoms with Crippen molar-refractivity contribution in [3.8, 4) is 0 Å². The fourth-order valence-electron chi connectivity index (χ4n) is 2.91. The Morgan fingerprint density at radius 2 is 1.71 bits per heavy atom. The summed E-state index contributed by atoms with van der Waals surface area (Å²) in [5.74, 6) is -1.21. The van der Waals surface area contributed by atoms with Gasteiger partial charge in [0, 0.05) is 18.3 Å². The largest absolute Gasteiger partial charge is 0.348 e. The fourth-order valence-corrected chi connectivity index (χ4v) is 3.62. The summed E-state index contributed by atoms with van der Waals surface area (Å²) in [5, 5.41) is 7.43. The molecule has 8 heteroatoms. The molecule has 0 aliphatic rings. The molecule has 3 rings (SSSR count). The smallest absolute Gasteiger partial charge is 0.264 e. The molecule has 0 saturated heterocycles. The molecule has 0 fully saturated rings. The number of hydrogen-bond donors (Lipinski definition) is 2. The lowest BCUT2D eigenvalue weighted by molar-refractivity contribution is -0.122. The van der Waals surface area contributed by atoms with Gasteiger partial charge < -0.3 is 15.5 Å². The number of rotatable bonds is 7. The van der Waals surface area contributed by atoms with Crippen molar-refractivity contribution in [3.63, 3.8) is 0 Å². The molecule has 1 heterocycles. The molecule has 2 aromatic carbocycles.